The number of nitrogens with one attached hydrogen (secondary N) is 1. The van der Waals surface area contributed by atoms with E-state index in [-0.39, 0.29) is 6.04 Å². The van der Waals surface area contributed by atoms with Crippen LogP contribution in [0, 0.1) is 0 Å². The van der Waals surface area contributed by atoms with Gasteiger partial charge in [0.15, 0.2) is 0 Å². The van der Waals surface area contributed by atoms with Gasteiger partial charge in [0.2, 0.25) is 0 Å². The minimum Gasteiger partial charge on any atom is -0.464 e. The molecule has 0 radical (unpaired) electrons. The minimum atomic E-state index is 0.0905. The van der Waals surface area contributed by atoms with Crippen molar-refractivity contribution in [3.63, 3.8) is 0 Å². The Kier molecular flexibility index (Phi) is 3.56. The van der Waals surface area contributed by atoms with Gasteiger partial charge in [-0.15, -0.1) is 0 Å². The first-order valence-corrected chi connectivity index (χ1v) is 7.00. The third-order valence-electron chi connectivity index (χ3n) is 3.59. The first-order chi connectivity index (χ1) is 9.85. The maximum absolute atomic E-state index is 5.66. The maximum Gasteiger partial charge on any atom is 0.134 e. The normalized spacial score (nSPS) is 12.9. The van der Waals surface area contributed by atoms with E-state index in [2.05, 4.69) is 34.2 Å². The number of furan rings is 1. The Morgan fingerprint density at radius 1 is 1.30 bits per heavy atom. The molecule has 20 heavy (non-hydrogen) atoms. The number of hydrogen-bond donors (Lipinski definition) is 1. The molecule has 0 bridgehead atoms. The lowest BCUT2D eigenvalue weighted by molar-refractivity contribution is 0.529. The van der Waals surface area contributed by atoms with E-state index in [0.717, 1.165) is 29.5 Å². The van der Waals surface area contributed by atoms with Crippen LogP contribution in [0.3, 0.4) is 0 Å². The zero-order valence-electron chi connectivity index (χ0n) is 11.8. The highest BCUT2D eigenvalue weighted by atomic mass is 16.3. The molecule has 0 spiro atoms. The summed E-state index contributed by atoms with van der Waals surface area (Å²) in [5.41, 5.74) is 3.24. The van der Waals surface area contributed by atoms with Gasteiger partial charge in [0.25, 0.3) is 0 Å². The average molecular weight is 269 g/mol. The number of benzene rings is 1. The lowest BCUT2D eigenvalue weighted by Gasteiger charge is -2.17. The van der Waals surface area contributed by atoms with E-state index in [0.29, 0.717) is 0 Å². The molecule has 0 saturated heterocycles. The van der Waals surface area contributed by atoms with Gasteiger partial charge in [0.1, 0.15) is 5.58 Å². The summed E-state index contributed by atoms with van der Waals surface area (Å²) in [7, 11) is 1.97. The lowest BCUT2D eigenvalue weighted by atomic mass is 10.0. The van der Waals surface area contributed by atoms with Crippen LogP contribution in [0.25, 0.3) is 11.0 Å². The summed E-state index contributed by atoms with van der Waals surface area (Å²) in [5, 5.41) is 8.94. The largest absolute Gasteiger partial charge is 0.464 e. The van der Waals surface area contributed by atoms with Gasteiger partial charge in [0, 0.05) is 23.7 Å². The third kappa shape index (κ3) is 2.12. The Labute approximate surface area is 118 Å². The highest BCUT2D eigenvalue weighted by molar-refractivity contribution is 5.81. The first-order valence-electron chi connectivity index (χ1n) is 7.00. The van der Waals surface area contributed by atoms with Crippen molar-refractivity contribution in [2.75, 3.05) is 7.05 Å². The molecule has 4 heteroatoms. The Morgan fingerprint density at radius 2 is 2.15 bits per heavy atom. The standard InChI is InChI=1S/C16H19N3O/c1-3-10-19-14(8-9-18-19)16(17-2)13-11-20-15-7-5-4-6-12(13)15/h4-9,11,16-17H,3,10H2,1-2H3. The Morgan fingerprint density at radius 3 is 2.95 bits per heavy atom. The summed E-state index contributed by atoms with van der Waals surface area (Å²) in [6.07, 6.45) is 4.77. The molecule has 104 valence electrons. The van der Waals surface area contributed by atoms with Crippen molar-refractivity contribution in [2.45, 2.75) is 25.9 Å². The summed E-state index contributed by atoms with van der Waals surface area (Å²) >= 11 is 0. The van der Waals surface area contributed by atoms with Crippen LogP contribution in [-0.4, -0.2) is 16.8 Å². The van der Waals surface area contributed by atoms with Crippen LogP contribution in [-0.2, 0) is 6.54 Å². The zero-order chi connectivity index (χ0) is 13.9. The maximum atomic E-state index is 5.66. The number of aromatic nitrogens is 2. The summed E-state index contributed by atoms with van der Waals surface area (Å²) in [6, 6.07) is 10.3. The molecule has 3 aromatic rings. The number of aryl methyl sites for hydroxylation is 1. The molecule has 0 aliphatic carbocycles. The lowest BCUT2D eigenvalue weighted by Crippen LogP contribution is -2.21. The fourth-order valence-electron chi connectivity index (χ4n) is 2.67. The number of hydrogen-bond acceptors (Lipinski definition) is 3. The predicted octanol–water partition coefficient (Wildman–Crippen LogP) is 3.35. The fraction of sp³-hybridized carbons (Fsp3) is 0.312. The molecule has 4 nitrogen and oxygen atoms in total. The minimum absolute atomic E-state index is 0.0905. The van der Waals surface area contributed by atoms with Gasteiger partial charge in [-0.25, -0.2) is 0 Å². The molecule has 1 atom stereocenters. The summed E-state index contributed by atoms with van der Waals surface area (Å²) < 4.78 is 7.72. The summed E-state index contributed by atoms with van der Waals surface area (Å²) in [6.45, 7) is 3.09. The van der Waals surface area contributed by atoms with Gasteiger partial charge < -0.3 is 9.73 Å². The van der Waals surface area contributed by atoms with Gasteiger partial charge in [0.05, 0.1) is 18.0 Å². The molecule has 0 aliphatic heterocycles. The SMILES string of the molecule is CCCn1nccc1C(NC)c1coc2ccccc12. The number of nitrogens with zero attached hydrogens (tertiary/aromatic N) is 2. The zero-order valence-corrected chi connectivity index (χ0v) is 11.8. The number of rotatable bonds is 5. The molecule has 2 aromatic heterocycles. The van der Waals surface area contributed by atoms with Gasteiger partial charge >= 0.3 is 0 Å². The summed E-state index contributed by atoms with van der Waals surface area (Å²) in [5.74, 6) is 0. The van der Waals surface area contributed by atoms with Gasteiger partial charge in [-0.2, -0.15) is 5.10 Å². The average Bonchev–Trinajstić information content (AvgIpc) is 3.09. The van der Waals surface area contributed by atoms with Crippen LogP contribution in [0.1, 0.15) is 30.6 Å². The molecule has 1 unspecified atom stereocenters. The van der Waals surface area contributed by atoms with E-state index >= 15 is 0 Å². The van der Waals surface area contributed by atoms with Crippen LogP contribution in [0.4, 0.5) is 0 Å². The molecule has 0 fully saturated rings. The van der Waals surface area contributed by atoms with Gasteiger partial charge in [-0.1, -0.05) is 25.1 Å². The van der Waals surface area contributed by atoms with Crippen molar-refractivity contribution in [2.24, 2.45) is 0 Å². The van der Waals surface area contributed by atoms with Crippen LogP contribution < -0.4 is 5.32 Å². The van der Waals surface area contributed by atoms with Crippen LogP contribution in [0.5, 0.6) is 0 Å². The highest BCUT2D eigenvalue weighted by Crippen LogP contribution is 2.30. The number of para-hydroxylation sites is 1. The summed E-state index contributed by atoms with van der Waals surface area (Å²) in [4.78, 5) is 0. The predicted molar refractivity (Wildman–Crippen MR) is 79.6 cm³/mol. The van der Waals surface area contributed by atoms with Crippen LogP contribution in [0.15, 0.2) is 47.2 Å². The van der Waals surface area contributed by atoms with Crippen molar-refractivity contribution in [1.82, 2.24) is 15.1 Å². The topological polar surface area (TPSA) is 43.0 Å². The molecule has 1 N–H and O–H groups in total. The van der Waals surface area contributed by atoms with Crippen molar-refractivity contribution in [3.8, 4) is 0 Å². The molecule has 0 saturated carbocycles. The van der Waals surface area contributed by atoms with Crippen molar-refractivity contribution in [3.05, 3.63) is 54.0 Å². The van der Waals surface area contributed by atoms with Gasteiger partial charge in [-0.3, -0.25) is 4.68 Å². The van der Waals surface area contributed by atoms with E-state index in [4.69, 9.17) is 4.42 Å². The van der Waals surface area contributed by atoms with Gasteiger partial charge in [-0.05, 0) is 25.6 Å². The van der Waals surface area contributed by atoms with E-state index in [9.17, 15) is 0 Å². The van der Waals surface area contributed by atoms with Crippen molar-refractivity contribution < 1.29 is 4.42 Å². The monoisotopic (exact) mass is 269 g/mol. The number of fused-ring (bicyclic) bond motifs is 1. The molecule has 1 aromatic carbocycles. The first kappa shape index (κ1) is 12.9. The highest BCUT2D eigenvalue weighted by Gasteiger charge is 2.20. The van der Waals surface area contributed by atoms with Crippen LogP contribution >= 0.6 is 0 Å². The molecular weight excluding hydrogens is 250 g/mol. The molecule has 0 aliphatic rings. The second-order valence-corrected chi connectivity index (χ2v) is 4.89. The Bertz CT molecular complexity index is 698. The third-order valence-corrected chi connectivity index (χ3v) is 3.59. The van der Waals surface area contributed by atoms with E-state index in [1.807, 2.05) is 37.7 Å². The second kappa shape index (κ2) is 5.51. The molecule has 3 rings (SSSR count). The molecule has 2 heterocycles. The van der Waals surface area contributed by atoms with E-state index < -0.39 is 0 Å². The molecular formula is C16H19N3O. The second-order valence-electron chi connectivity index (χ2n) is 4.89. The van der Waals surface area contributed by atoms with Crippen LogP contribution in [0.2, 0.25) is 0 Å². The quantitative estimate of drug-likeness (QED) is 0.772. The van der Waals surface area contributed by atoms with Crippen molar-refractivity contribution >= 4 is 11.0 Å². The fourth-order valence-corrected chi connectivity index (χ4v) is 2.67. The smallest absolute Gasteiger partial charge is 0.134 e. The Hall–Kier alpha value is -2.07. The van der Waals surface area contributed by atoms with Crippen molar-refractivity contribution in [1.29, 1.82) is 0 Å². The van der Waals surface area contributed by atoms with E-state index in [1.54, 1.807) is 0 Å². The van der Waals surface area contributed by atoms with E-state index in [1.165, 1.54) is 5.69 Å². The molecule has 0 amide bonds. The Balaban J connectivity index is 2.07.